The van der Waals surface area contributed by atoms with Crippen molar-refractivity contribution < 1.29 is 9.18 Å². The normalized spacial score (nSPS) is 11.6. The fraction of sp³-hybridized carbons (Fsp3) is 0.211. The molecule has 1 heterocycles. The predicted molar refractivity (Wildman–Crippen MR) is 93.4 cm³/mol. The molecule has 0 aliphatic heterocycles. The van der Waals surface area contributed by atoms with E-state index >= 15 is 0 Å². The Morgan fingerprint density at radius 2 is 1.96 bits per heavy atom. The molecular formula is C19H19ClFNO. The van der Waals surface area contributed by atoms with Crippen LogP contribution >= 0.6 is 11.6 Å². The van der Waals surface area contributed by atoms with E-state index in [0.717, 1.165) is 23.1 Å². The van der Waals surface area contributed by atoms with Crippen molar-refractivity contribution in [2.75, 3.05) is 0 Å². The number of aromatic nitrogens is 1. The maximum Gasteiger partial charge on any atom is 0.152 e. The van der Waals surface area contributed by atoms with Gasteiger partial charge in [0.15, 0.2) is 6.29 Å². The van der Waals surface area contributed by atoms with Gasteiger partial charge in [-0.05, 0) is 43.5 Å². The minimum atomic E-state index is -0.266. The Bertz CT molecular complexity index is 757. The third-order valence-corrected chi connectivity index (χ3v) is 4.30. The molecule has 0 fully saturated rings. The second-order valence-corrected chi connectivity index (χ2v) is 5.78. The van der Waals surface area contributed by atoms with Crippen molar-refractivity contribution in [1.29, 1.82) is 0 Å². The second-order valence-electron chi connectivity index (χ2n) is 5.37. The Hall–Kier alpha value is -2.13. The summed E-state index contributed by atoms with van der Waals surface area (Å²) in [5.41, 5.74) is 4.18. The number of rotatable bonds is 6. The quantitative estimate of drug-likeness (QED) is 0.535. The van der Waals surface area contributed by atoms with Gasteiger partial charge in [0.25, 0.3) is 0 Å². The molecule has 0 saturated heterocycles. The zero-order valence-electron chi connectivity index (χ0n) is 13.3. The molecule has 2 nitrogen and oxygen atoms in total. The molecule has 0 amide bonds. The Kier molecular flexibility index (Phi) is 5.56. The van der Waals surface area contributed by atoms with Crippen LogP contribution in [0.15, 0.2) is 43.0 Å². The smallest absolute Gasteiger partial charge is 0.152 e. The molecular weight excluding hydrogens is 313 g/mol. The van der Waals surface area contributed by atoms with Gasteiger partial charge in [-0.2, -0.15) is 0 Å². The number of nitrogens with zero attached hydrogens (tertiary/aromatic N) is 1. The van der Waals surface area contributed by atoms with Crippen molar-refractivity contribution in [3.8, 4) is 0 Å². The molecule has 0 spiro atoms. The first-order valence-corrected chi connectivity index (χ1v) is 7.73. The fourth-order valence-corrected chi connectivity index (χ4v) is 2.85. The summed E-state index contributed by atoms with van der Waals surface area (Å²) >= 11 is 6.47. The Morgan fingerprint density at radius 3 is 2.52 bits per heavy atom. The van der Waals surface area contributed by atoms with Crippen molar-refractivity contribution in [1.82, 2.24) is 4.57 Å². The summed E-state index contributed by atoms with van der Waals surface area (Å²) in [6, 6.07) is 6.27. The van der Waals surface area contributed by atoms with Crippen LogP contribution in [0.3, 0.4) is 0 Å². The third kappa shape index (κ3) is 3.62. The van der Waals surface area contributed by atoms with E-state index in [1.807, 2.05) is 24.5 Å². The zero-order valence-corrected chi connectivity index (χ0v) is 14.0. The van der Waals surface area contributed by atoms with Crippen molar-refractivity contribution in [2.24, 2.45) is 0 Å². The molecule has 0 saturated carbocycles. The molecule has 2 aromatic rings. The van der Waals surface area contributed by atoms with Crippen LogP contribution in [0.1, 0.15) is 32.9 Å². The van der Waals surface area contributed by atoms with E-state index in [9.17, 15) is 9.18 Å². The standard InChI is InChI=1S/C19H19ClFNO/c1-4-11-22-14(3)13(2)17(12-23)19(22)18(20)10-7-15-5-8-16(21)9-6-15/h4-6,8-10,12H,1,7,11H2,2-3H3/b18-10+. The van der Waals surface area contributed by atoms with Crippen LogP contribution in [-0.4, -0.2) is 10.9 Å². The van der Waals surface area contributed by atoms with Crippen LogP contribution in [0.5, 0.6) is 0 Å². The van der Waals surface area contributed by atoms with Gasteiger partial charge in [0.1, 0.15) is 5.82 Å². The highest BCUT2D eigenvalue weighted by atomic mass is 35.5. The topological polar surface area (TPSA) is 22.0 Å². The van der Waals surface area contributed by atoms with Gasteiger partial charge >= 0.3 is 0 Å². The molecule has 0 radical (unpaired) electrons. The molecule has 0 aliphatic rings. The molecule has 23 heavy (non-hydrogen) atoms. The summed E-state index contributed by atoms with van der Waals surface area (Å²) < 4.78 is 14.9. The van der Waals surface area contributed by atoms with Gasteiger partial charge in [-0.25, -0.2) is 4.39 Å². The number of allylic oxidation sites excluding steroid dienone is 2. The average molecular weight is 332 g/mol. The number of halogens is 2. The lowest BCUT2D eigenvalue weighted by molar-refractivity contribution is 0.112. The first-order valence-electron chi connectivity index (χ1n) is 7.35. The van der Waals surface area contributed by atoms with Gasteiger partial charge in [0, 0.05) is 17.8 Å². The fourth-order valence-electron chi connectivity index (χ4n) is 2.57. The predicted octanol–water partition coefficient (Wildman–Crippen LogP) is 5.06. The first kappa shape index (κ1) is 17.2. The monoisotopic (exact) mass is 331 g/mol. The van der Waals surface area contributed by atoms with E-state index < -0.39 is 0 Å². The maximum atomic E-state index is 12.9. The molecule has 4 heteroatoms. The van der Waals surface area contributed by atoms with Gasteiger partial charge in [-0.15, -0.1) is 6.58 Å². The Morgan fingerprint density at radius 1 is 1.30 bits per heavy atom. The highest BCUT2D eigenvalue weighted by Gasteiger charge is 2.18. The zero-order chi connectivity index (χ0) is 17.0. The second kappa shape index (κ2) is 7.42. The maximum absolute atomic E-state index is 12.9. The SMILES string of the molecule is C=CCn1c(C)c(C)c(C=O)c1/C(Cl)=C\Cc1ccc(F)cc1. The molecule has 2 rings (SSSR count). The van der Waals surface area contributed by atoms with Crippen molar-refractivity contribution in [3.63, 3.8) is 0 Å². The molecule has 0 N–H and O–H groups in total. The van der Waals surface area contributed by atoms with E-state index in [1.54, 1.807) is 18.2 Å². The van der Waals surface area contributed by atoms with Crippen LogP contribution in [0, 0.1) is 19.7 Å². The van der Waals surface area contributed by atoms with Crippen molar-refractivity contribution >= 4 is 22.9 Å². The molecule has 1 aromatic carbocycles. The number of aldehydes is 1. The minimum absolute atomic E-state index is 0.266. The highest BCUT2D eigenvalue weighted by molar-refractivity contribution is 6.49. The van der Waals surface area contributed by atoms with Crippen LogP contribution < -0.4 is 0 Å². The summed E-state index contributed by atoms with van der Waals surface area (Å²) in [7, 11) is 0. The van der Waals surface area contributed by atoms with Crippen LogP contribution in [-0.2, 0) is 13.0 Å². The average Bonchev–Trinajstić information content (AvgIpc) is 2.79. The lowest BCUT2D eigenvalue weighted by atomic mass is 10.1. The van der Waals surface area contributed by atoms with Crippen molar-refractivity contribution in [2.45, 2.75) is 26.8 Å². The summed E-state index contributed by atoms with van der Waals surface area (Å²) in [5.74, 6) is -0.266. The van der Waals surface area contributed by atoms with E-state index in [-0.39, 0.29) is 5.82 Å². The molecule has 0 atom stereocenters. The van der Waals surface area contributed by atoms with E-state index in [4.69, 9.17) is 11.6 Å². The number of hydrogen-bond donors (Lipinski definition) is 0. The van der Waals surface area contributed by atoms with E-state index in [0.29, 0.717) is 29.3 Å². The molecule has 0 unspecified atom stereocenters. The number of carbonyl (C=O) groups is 1. The van der Waals surface area contributed by atoms with Gasteiger partial charge < -0.3 is 4.57 Å². The molecule has 120 valence electrons. The van der Waals surface area contributed by atoms with E-state index in [1.165, 1.54) is 12.1 Å². The summed E-state index contributed by atoms with van der Waals surface area (Å²) in [5, 5.41) is 0.509. The number of carbonyl (C=O) groups excluding carboxylic acids is 1. The van der Waals surface area contributed by atoms with Gasteiger partial charge in [-0.1, -0.05) is 35.9 Å². The first-order chi connectivity index (χ1) is 11.0. The Balaban J connectivity index is 2.40. The largest absolute Gasteiger partial charge is 0.340 e. The minimum Gasteiger partial charge on any atom is -0.340 e. The van der Waals surface area contributed by atoms with Gasteiger partial charge in [-0.3, -0.25) is 4.79 Å². The van der Waals surface area contributed by atoms with Crippen molar-refractivity contribution in [3.05, 3.63) is 76.9 Å². The third-order valence-electron chi connectivity index (χ3n) is 3.96. The van der Waals surface area contributed by atoms with Crippen LogP contribution in [0.2, 0.25) is 0 Å². The lowest BCUT2D eigenvalue weighted by Crippen LogP contribution is -2.03. The lowest BCUT2D eigenvalue weighted by Gasteiger charge is -2.09. The van der Waals surface area contributed by atoms with Gasteiger partial charge in [0.05, 0.1) is 10.7 Å². The summed E-state index contributed by atoms with van der Waals surface area (Å²) in [4.78, 5) is 11.5. The van der Waals surface area contributed by atoms with Crippen LogP contribution in [0.4, 0.5) is 4.39 Å². The van der Waals surface area contributed by atoms with Gasteiger partial charge in [0.2, 0.25) is 0 Å². The molecule has 0 aliphatic carbocycles. The number of benzene rings is 1. The number of hydrogen-bond acceptors (Lipinski definition) is 1. The van der Waals surface area contributed by atoms with Crippen LogP contribution in [0.25, 0.3) is 5.03 Å². The highest BCUT2D eigenvalue weighted by Crippen LogP contribution is 2.29. The molecule has 0 bridgehead atoms. The summed E-state index contributed by atoms with van der Waals surface area (Å²) in [6.07, 6.45) is 5.02. The Labute approximate surface area is 140 Å². The van der Waals surface area contributed by atoms with E-state index in [2.05, 4.69) is 6.58 Å². The molecule has 1 aromatic heterocycles. The summed E-state index contributed by atoms with van der Waals surface area (Å²) in [6.45, 7) is 8.20.